The number of carboxylic acid groups (broad SMARTS) is 2. The van der Waals surface area contributed by atoms with Crippen LogP contribution in [0.25, 0.3) is 10.9 Å². The Hall–Kier alpha value is -4.01. The van der Waals surface area contributed by atoms with Crippen LogP contribution in [0.5, 0.6) is 0 Å². The summed E-state index contributed by atoms with van der Waals surface area (Å²) in [5.41, 5.74) is 12.8. The van der Waals surface area contributed by atoms with Crippen molar-refractivity contribution in [2.24, 2.45) is 11.5 Å². The minimum absolute atomic E-state index is 0.0324. The second-order valence-corrected chi connectivity index (χ2v) is 9.57. The summed E-state index contributed by atoms with van der Waals surface area (Å²) in [6.07, 6.45) is 0.923. The SMILES string of the molecule is CC(O)C(NC(=O)C(Cc1c[nH]c2ccccc12)NC(=O)C(CCCCN)NC(=O)C(N)CCC(=O)O)C(=O)O. The van der Waals surface area contributed by atoms with Crippen molar-refractivity contribution in [1.82, 2.24) is 20.9 Å². The predicted molar refractivity (Wildman–Crippen MR) is 145 cm³/mol. The van der Waals surface area contributed by atoms with E-state index in [0.717, 1.165) is 10.9 Å². The van der Waals surface area contributed by atoms with E-state index in [1.165, 1.54) is 6.92 Å². The fraction of sp³-hybridized carbons (Fsp3) is 0.500. The second kappa shape index (κ2) is 15.5. The van der Waals surface area contributed by atoms with E-state index in [0.29, 0.717) is 24.9 Å². The zero-order valence-corrected chi connectivity index (χ0v) is 22.3. The molecule has 0 aliphatic heterocycles. The number of hydrogen-bond donors (Lipinski definition) is 9. The molecular weight excluding hydrogens is 524 g/mol. The van der Waals surface area contributed by atoms with Gasteiger partial charge in [0.05, 0.1) is 12.1 Å². The van der Waals surface area contributed by atoms with Crippen molar-refractivity contribution in [2.75, 3.05) is 6.54 Å². The first kappa shape index (κ1) is 32.2. The van der Waals surface area contributed by atoms with Gasteiger partial charge in [-0.2, -0.15) is 0 Å². The van der Waals surface area contributed by atoms with Crippen LogP contribution in [0.3, 0.4) is 0 Å². The lowest BCUT2D eigenvalue weighted by molar-refractivity contribution is -0.145. The number of fused-ring (bicyclic) bond motifs is 1. The number of benzene rings is 1. The van der Waals surface area contributed by atoms with Gasteiger partial charge in [0.25, 0.3) is 0 Å². The molecule has 0 aliphatic carbocycles. The van der Waals surface area contributed by atoms with E-state index >= 15 is 0 Å². The molecule has 0 spiro atoms. The number of aliphatic carboxylic acids is 2. The van der Waals surface area contributed by atoms with Crippen molar-refractivity contribution in [3.05, 3.63) is 36.0 Å². The zero-order valence-electron chi connectivity index (χ0n) is 22.3. The molecule has 0 fully saturated rings. The van der Waals surface area contributed by atoms with Crippen LogP contribution >= 0.6 is 0 Å². The van der Waals surface area contributed by atoms with E-state index in [4.69, 9.17) is 16.6 Å². The first-order valence-corrected chi connectivity index (χ1v) is 13.0. The fourth-order valence-corrected chi connectivity index (χ4v) is 4.09. The monoisotopic (exact) mass is 562 g/mol. The summed E-state index contributed by atoms with van der Waals surface area (Å²) >= 11 is 0. The maximum absolute atomic E-state index is 13.4. The molecule has 2 aromatic rings. The molecule has 1 aromatic heterocycles. The summed E-state index contributed by atoms with van der Waals surface area (Å²) in [5.74, 6) is -4.88. The quantitative estimate of drug-likeness (QED) is 0.106. The zero-order chi connectivity index (χ0) is 29.8. The van der Waals surface area contributed by atoms with Gasteiger partial charge in [-0.05, 0) is 50.8 Å². The lowest BCUT2D eigenvalue weighted by Gasteiger charge is -2.26. The highest BCUT2D eigenvalue weighted by Gasteiger charge is 2.32. The van der Waals surface area contributed by atoms with Gasteiger partial charge in [-0.1, -0.05) is 18.2 Å². The Labute approximate surface area is 230 Å². The number of carbonyl (C=O) groups excluding carboxylic acids is 3. The number of aliphatic hydroxyl groups excluding tert-OH is 1. The standard InChI is InChI=1S/C26H38N6O8/c1-14(33)22(26(39)40)32-25(38)20(12-15-13-29-18-7-3-2-6-16(15)18)31-24(37)19(8-4-5-11-27)30-23(36)17(28)9-10-21(34)35/h2-3,6-7,13-14,17,19-20,22,29,33H,4-5,8-12,27-28H2,1H3,(H,30,36)(H,31,37)(H,32,38)(H,34,35)(H,39,40). The molecule has 5 unspecified atom stereocenters. The number of aromatic nitrogens is 1. The van der Waals surface area contributed by atoms with Crippen LogP contribution in [0.15, 0.2) is 30.5 Å². The molecule has 11 N–H and O–H groups in total. The summed E-state index contributed by atoms with van der Waals surface area (Å²) in [6.45, 7) is 1.56. The Morgan fingerprint density at radius 2 is 1.57 bits per heavy atom. The van der Waals surface area contributed by atoms with Crippen LogP contribution < -0.4 is 27.4 Å². The third-order valence-corrected chi connectivity index (χ3v) is 6.36. The number of nitrogens with one attached hydrogen (secondary N) is 4. The lowest BCUT2D eigenvalue weighted by Crippen LogP contribution is -2.58. The minimum atomic E-state index is -1.62. The van der Waals surface area contributed by atoms with Crippen molar-refractivity contribution >= 4 is 40.6 Å². The smallest absolute Gasteiger partial charge is 0.328 e. The van der Waals surface area contributed by atoms with Crippen molar-refractivity contribution < 1.29 is 39.3 Å². The molecule has 40 heavy (non-hydrogen) atoms. The molecule has 220 valence electrons. The van der Waals surface area contributed by atoms with Gasteiger partial charge in [-0.3, -0.25) is 19.2 Å². The molecule has 0 aliphatic rings. The van der Waals surface area contributed by atoms with Crippen molar-refractivity contribution in [2.45, 2.75) is 75.7 Å². The van der Waals surface area contributed by atoms with Gasteiger partial charge in [-0.15, -0.1) is 0 Å². The topological polar surface area (TPSA) is 250 Å². The molecule has 0 saturated heterocycles. The largest absolute Gasteiger partial charge is 0.481 e. The van der Waals surface area contributed by atoms with Crippen LogP contribution in [0.2, 0.25) is 0 Å². The average molecular weight is 563 g/mol. The molecular formula is C26H38N6O8. The number of nitrogens with two attached hydrogens (primary N) is 2. The maximum Gasteiger partial charge on any atom is 0.328 e. The maximum atomic E-state index is 13.4. The van der Waals surface area contributed by atoms with Gasteiger partial charge in [0.2, 0.25) is 17.7 Å². The second-order valence-electron chi connectivity index (χ2n) is 9.57. The molecule has 5 atom stereocenters. The molecule has 1 aromatic carbocycles. The molecule has 14 heteroatoms. The van der Waals surface area contributed by atoms with E-state index in [1.54, 1.807) is 12.3 Å². The summed E-state index contributed by atoms with van der Waals surface area (Å²) in [7, 11) is 0. The van der Waals surface area contributed by atoms with Crippen LogP contribution in [0, 0.1) is 0 Å². The molecule has 2 rings (SSSR count). The van der Waals surface area contributed by atoms with Crippen molar-refractivity contribution in [1.29, 1.82) is 0 Å². The number of amides is 3. The van der Waals surface area contributed by atoms with Crippen LogP contribution in [-0.4, -0.2) is 86.8 Å². The highest BCUT2D eigenvalue weighted by Crippen LogP contribution is 2.19. The number of rotatable bonds is 17. The lowest BCUT2D eigenvalue weighted by atomic mass is 10.0. The van der Waals surface area contributed by atoms with Crippen molar-refractivity contribution in [3.8, 4) is 0 Å². The summed E-state index contributed by atoms with van der Waals surface area (Å²) in [5, 5.41) is 36.3. The van der Waals surface area contributed by atoms with Crippen molar-refractivity contribution in [3.63, 3.8) is 0 Å². The number of para-hydroxylation sites is 1. The molecule has 0 radical (unpaired) electrons. The van der Waals surface area contributed by atoms with Crippen LogP contribution in [0.1, 0.15) is 44.6 Å². The Morgan fingerprint density at radius 3 is 2.20 bits per heavy atom. The number of carbonyl (C=O) groups is 5. The molecule has 3 amide bonds. The first-order chi connectivity index (χ1) is 18.9. The van der Waals surface area contributed by atoms with E-state index in [2.05, 4.69) is 20.9 Å². The number of aromatic amines is 1. The van der Waals surface area contributed by atoms with E-state index in [1.807, 2.05) is 18.2 Å². The van der Waals surface area contributed by atoms with E-state index in [9.17, 15) is 34.2 Å². The third-order valence-electron chi connectivity index (χ3n) is 6.36. The highest BCUT2D eigenvalue weighted by molar-refractivity contribution is 5.95. The van der Waals surface area contributed by atoms with E-state index < -0.39 is 59.9 Å². The normalized spacial score (nSPS) is 14.9. The first-order valence-electron chi connectivity index (χ1n) is 13.0. The number of unbranched alkanes of at least 4 members (excludes halogenated alkanes) is 1. The number of hydrogen-bond acceptors (Lipinski definition) is 8. The number of carboxylic acids is 2. The van der Waals surface area contributed by atoms with Gasteiger partial charge in [0, 0.05) is 29.9 Å². The van der Waals surface area contributed by atoms with Crippen LogP contribution in [0.4, 0.5) is 0 Å². The Morgan fingerprint density at radius 1 is 0.925 bits per heavy atom. The molecule has 1 heterocycles. The van der Waals surface area contributed by atoms with Gasteiger partial charge >= 0.3 is 11.9 Å². The fourth-order valence-electron chi connectivity index (χ4n) is 4.09. The van der Waals surface area contributed by atoms with Gasteiger partial charge in [-0.25, -0.2) is 4.79 Å². The van der Waals surface area contributed by atoms with Crippen LogP contribution in [-0.2, 0) is 30.4 Å². The van der Waals surface area contributed by atoms with Gasteiger partial charge in [0.15, 0.2) is 6.04 Å². The summed E-state index contributed by atoms with van der Waals surface area (Å²) in [4.78, 5) is 64.7. The Bertz CT molecular complexity index is 1180. The number of aliphatic hydroxyl groups is 1. The number of H-pyrrole nitrogens is 1. The van der Waals surface area contributed by atoms with Gasteiger partial charge < -0.3 is 47.7 Å². The van der Waals surface area contributed by atoms with Gasteiger partial charge in [0.1, 0.15) is 12.1 Å². The molecule has 0 bridgehead atoms. The molecule has 14 nitrogen and oxygen atoms in total. The molecule has 0 saturated carbocycles. The summed E-state index contributed by atoms with van der Waals surface area (Å²) < 4.78 is 0. The Kier molecular flexibility index (Phi) is 12.5. The highest BCUT2D eigenvalue weighted by atomic mass is 16.4. The summed E-state index contributed by atoms with van der Waals surface area (Å²) in [6, 6.07) is 2.08. The third kappa shape index (κ3) is 9.63. The average Bonchev–Trinajstić information content (AvgIpc) is 3.31. The Balaban J connectivity index is 2.29. The predicted octanol–water partition coefficient (Wildman–Crippen LogP) is -1.05. The van der Waals surface area contributed by atoms with E-state index in [-0.39, 0.29) is 25.7 Å². The minimum Gasteiger partial charge on any atom is -0.481 e.